The first-order valence-corrected chi connectivity index (χ1v) is 18.4. The molecule has 0 unspecified atom stereocenters. The third kappa shape index (κ3) is 12.8. The quantitative estimate of drug-likeness (QED) is 0.0954. The fraction of sp³-hybridized carbons (Fsp3) is 0.629. The van der Waals surface area contributed by atoms with Crippen molar-refractivity contribution < 1.29 is 19.5 Å². The van der Waals surface area contributed by atoms with Crippen molar-refractivity contribution in [3.63, 3.8) is 0 Å². The van der Waals surface area contributed by atoms with Gasteiger partial charge in [0.2, 0.25) is 0 Å². The van der Waals surface area contributed by atoms with Gasteiger partial charge < -0.3 is 10.0 Å². The number of aliphatic carboxylic acids is 1. The van der Waals surface area contributed by atoms with Gasteiger partial charge in [-0.2, -0.15) is 0 Å². The van der Waals surface area contributed by atoms with Gasteiger partial charge in [-0.1, -0.05) is 127 Å². The zero-order valence-corrected chi connectivity index (χ0v) is 27.8. The molecule has 0 bridgehead atoms. The topological polar surface area (TPSA) is 77.9 Å². The van der Waals surface area contributed by atoms with E-state index in [1.807, 2.05) is 6.08 Å². The van der Waals surface area contributed by atoms with E-state index in [4.69, 9.17) is 5.11 Å². The van der Waals surface area contributed by atoms with E-state index >= 15 is 0 Å². The number of imide groups is 1. The largest absolute Gasteiger partial charge is 0.481 e. The highest BCUT2D eigenvalue weighted by Gasteiger charge is 2.34. The van der Waals surface area contributed by atoms with E-state index in [2.05, 4.69) is 36.1 Å². The van der Waals surface area contributed by atoms with Crippen molar-refractivity contribution in [3.05, 3.63) is 46.4 Å². The lowest BCUT2D eigenvalue weighted by Crippen LogP contribution is -2.29. The molecule has 2 aliphatic rings. The van der Waals surface area contributed by atoms with Crippen LogP contribution < -0.4 is 4.90 Å². The highest BCUT2D eigenvalue weighted by Crippen LogP contribution is 2.46. The summed E-state index contributed by atoms with van der Waals surface area (Å²) in [4.78, 5) is 41.2. The van der Waals surface area contributed by atoms with Crippen LogP contribution in [-0.2, 0) is 9.59 Å². The highest BCUT2D eigenvalue weighted by molar-refractivity contribution is 8.18. The number of thioether (sulfide) groups is 2. The molecule has 0 atom stereocenters. The third-order valence-corrected chi connectivity index (χ3v) is 10.2. The maximum Gasteiger partial charge on any atom is 0.303 e. The van der Waals surface area contributed by atoms with Gasteiger partial charge in [0.05, 0.1) is 15.6 Å². The Morgan fingerprint density at radius 3 is 1.84 bits per heavy atom. The van der Waals surface area contributed by atoms with Gasteiger partial charge in [-0.05, 0) is 55.3 Å². The molecule has 43 heavy (non-hydrogen) atoms. The van der Waals surface area contributed by atoms with Gasteiger partial charge in [0.1, 0.15) is 0 Å². The van der Waals surface area contributed by atoms with E-state index in [1.54, 1.807) is 17.8 Å². The number of carboxylic acid groups (broad SMARTS) is 1. The Bertz CT molecular complexity index is 1090. The Balaban J connectivity index is 1.35. The number of carbonyl (C=O) groups excluding carboxylic acids is 2. The predicted molar refractivity (Wildman–Crippen MR) is 182 cm³/mol. The second kappa shape index (κ2) is 20.7. The standard InChI is InChI=1S/C35H52N2O4S2/c1-2-3-4-5-6-7-8-9-10-11-12-13-14-15-16-20-27-36-29-22-17-18-23-30(29)42-32(36)26-25-31-34(40)37(35(41)43-31)28-21-19-24-33(38)39/h17-18,22-23,25-26H,2-16,19-21,24,27-28H2,1H3,(H,38,39)/b31-25+,32-26+. The predicted octanol–water partition coefficient (Wildman–Crippen LogP) is 10.5. The summed E-state index contributed by atoms with van der Waals surface area (Å²) in [6.07, 6.45) is 26.4. The van der Waals surface area contributed by atoms with Gasteiger partial charge in [0, 0.05) is 24.4 Å². The van der Waals surface area contributed by atoms with Gasteiger partial charge in [0.15, 0.2) is 0 Å². The van der Waals surface area contributed by atoms with E-state index in [0.717, 1.165) is 29.8 Å². The molecule has 1 aromatic carbocycles. The summed E-state index contributed by atoms with van der Waals surface area (Å²) in [5, 5.41) is 9.61. The number of hydrogen-bond donors (Lipinski definition) is 1. The Kier molecular flexibility index (Phi) is 17.0. The smallest absolute Gasteiger partial charge is 0.303 e. The normalized spacial score (nSPS) is 16.7. The van der Waals surface area contributed by atoms with Crippen LogP contribution in [0.25, 0.3) is 0 Å². The molecule has 0 spiro atoms. The molecule has 6 nitrogen and oxygen atoms in total. The molecule has 0 radical (unpaired) electrons. The minimum absolute atomic E-state index is 0.0468. The van der Waals surface area contributed by atoms with Gasteiger partial charge in [-0.15, -0.1) is 0 Å². The zero-order chi connectivity index (χ0) is 30.7. The van der Waals surface area contributed by atoms with Crippen molar-refractivity contribution in [2.75, 3.05) is 18.0 Å². The number of anilines is 1. The number of carboxylic acids is 1. The average molecular weight is 629 g/mol. The minimum Gasteiger partial charge on any atom is -0.481 e. The Morgan fingerprint density at radius 2 is 1.23 bits per heavy atom. The van der Waals surface area contributed by atoms with Crippen LogP contribution in [0.15, 0.2) is 51.2 Å². The molecule has 0 saturated carbocycles. The third-order valence-electron chi connectivity index (χ3n) is 8.15. The molecular weight excluding hydrogens is 577 g/mol. The molecule has 8 heteroatoms. The SMILES string of the molecule is CCCCCCCCCCCCCCCCCCN1/C(=C\C=C2\SC(=O)N(CCCCC(=O)O)C2=O)Sc2ccccc21. The summed E-state index contributed by atoms with van der Waals surface area (Å²) in [6, 6.07) is 8.41. The van der Waals surface area contributed by atoms with Gasteiger partial charge in [-0.25, -0.2) is 0 Å². The van der Waals surface area contributed by atoms with Crippen LogP contribution in [0.4, 0.5) is 10.5 Å². The summed E-state index contributed by atoms with van der Waals surface area (Å²) in [5.41, 5.74) is 1.21. The van der Waals surface area contributed by atoms with Gasteiger partial charge in [-0.3, -0.25) is 19.3 Å². The molecule has 3 rings (SSSR count). The molecule has 238 valence electrons. The van der Waals surface area contributed by atoms with Gasteiger partial charge in [0.25, 0.3) is 11.1 Å². The summed E-state index contributed by atoms with van der Waals surface area (Å²) < 4.78 is 0. The van der Waals surface area contributed by atoms with Crippen molar-refractivity contribution in [1.82, 2.24) is 4.90 Å². The molecule has 0 aromatic heterocycles. The number of para-hydroxylation sites is 1. The van der Waals surface area contributed by atoms with Crippen LogP contribution in [0, 0.1) is 0 Å². The average Bonchev–Trinajstić information content (AvgIpc) is 3.48. The van der Waals surface area contributed by atoms with Crippen molar-refractivity contribution >= 4 is 46.3 Å². The number of rotatable bonds is 23. The Morgan fingerprint density at radius 1 is 0.698 bits per heavy atom. The molecule has 2 amide bonds. The van der Waals surface area contributed by atoms with Crippen LogP contribution in [0.5, 0.6) is 0 Å². The summed E-state index contributed by atoms with van der Waals surface area (Å²) >= 11 is 2.67. The van der Waals surface area contributed by atoms with Crippen LogP contribution in [0.2, 0.25) is 0 Å². The van der Waals surface area contributed by atoms with E-state index in [9.17, 15) is 14.4 Å². The second-order valence-corrected chi connectivity index (χ2v) is 13.8. The lowest BCUT2D eigenvalue weighted by Gasteiger charge is -2.20. The maximum absolute atomic E-state index is 12.8. The molecular formula is C35H52N2O4S2. The fourth-order valence-electron chi connectivity index (χ4n) is 5.63. The number of benzene rings is 1. The molecule has 2 heterocycles. The number of hydrogen-bond acceptors (Lipinski definition) is 6. The number of unbranched alkanes of at least 4 members (excludes halogenated alkanes) is 16. The van der Waals surface area contributed by atoms with Crippen molar-refractivity contribution in [3.8, 4) is 0 Å². The van der Waals surface area contributed by atoms with Crippen LogP contribution >= 0.6 is 23.5 Å². The van der Waals surface area contributed by atoms with Gasteiger partial charge >= 0.3 is 5.97 Å². The van der Waals surface area contributed by atoms with E-state index < -0.39 is 5.97 Å². The summed E-state index contributed by atoms with van der Waals surface area (Å²) in [6.45, 7) is 3.48. The molecule has 1 aromatic rings. The first-order chi connectivity index (χ1) is 21.0. The highest BCUT2D eigenvalue weighted by atomic mass is 32.2. The van der Waals surface area contributed by atoms with E-state index in [1.165, 1.54) is 112 Å². The first-order valence-electron chi connectivity index (χ1n) is 16.7. The number of fused-ring (bicyclic) bond motifs is 1. The minimum atomic E-state index is -0.861. The first kappa shape index (κ1) is 35.3. The summed E-state index contributed by atoms with van der Waals surface area (Å²) in [5.74, 6) is -1.15. The fourth-order valence-corrected chi connectivity index (χ4v) is 7.52. The lowest BCUT2D eigenvalue weighted by atomic mass is 10.0. The van der Waals surface area contributed by atoms with Crippen LogP contribution in [0.3, 0.4) is 0 Å². The molecule has 0 aliphatic carbocycles. The maximum atomic E-state index is 12.8. The number of nitrogens with zero attached hydrogens (tertiary/aromatic N) is 2. The van der Waals surface area contributed by atoms with Crippen molar-refractivity contribution in [2.24, 2.45) is 0 Å². The Labute approximate surface area is 268 Å². The van der Waals surface area contributed by atoms with Crippen molar-refractivity contribution in [2.45, 2.75) is 134 Å². The van der Waals surface area contributed by atoms with E-state index in [-0.39, 0.29) is 24.1 Å². The molecule has 1 fully saturated rings. The Hall–Kier alpha value is -2.19. The number of allylic oxidation sites excluding steroid dienone is 2. The van der Waals surface area contributed by atoms with Crippen LogP contribution in [0.1, 0.15) is 129 Å². The second-order valence-electron chi connectivity index (χ2n) is 11.7. The number of amides is 2. The monoisotopic (exact) mass is 628 g/mol. The van der Waals surface area contributed by atoms with Crippen molar-refractivity contribution in [1.29, 1.82) is 0 Å². The number of carbonyl (C=O) groups is 3. The molecule has 1 N–H and O–H groups in total. The van der Waals surface area contributed by atoms with Crippen LogP contribution in [-0.4, -0.2) is 40.2 Å². The molecule has 2 aliphatic heterocycles. The van der Waals surface area contributed by atoms with E-state index in [0.29, 0.717) is 17.7 Å². The zero-order valence-electron chi connectivity index (χ0n) is 26.2. The lowest BCUT2D eigenvalue weighted by molar-refractivity contribution is -0.137. The summed E-state index contributed by atoms with van der Waals surface area (Å²) in [7, 11) is 0. The molecule has 1 saturated heterocycles.